The molecule has 45 heavy (non-hydrogen) atoms. The summed E-state index contributed by atoms with van der Waals surface area (Å²) in [5.74, 6) is -1.94. The standard InChI is InChI=1S/C36H37N3O4S2/c1-2-3-23-36(27-45(42,43)26-30-19-11-6-12-20-30,35(41)38-33(40)34-37-31-21-13-14-22-32(31)44-34)39(24-28-15-7-4-8-16-28)25-29-17-9-5-10-18-29/h4-22H,2-3,23-27H2,1H3,(H,38,40,41). The smallest absolute Gasteiger partial charge is 0.286 e. The van der Waals surface area contributed by atoms with E-state index in [1.165, 1.54) is 11.3 Å². The predicted octanol–water partition coefficient (Wildman–Crippen LogP) is 6.80. The van der Waals surface area contributed by atoms with E-state index in [0.29, 0.717) is 30.6 Å². The number of unbranched alkanes of at least 4 members (excludes halogenated alkanes) is 1. The van der Waals surface area contributed by atoms with Gasteiger partial charge in [0.25, 0.3) is 5.91 Å². The number of benzene rings is 4. The third-order valence-electron chi connectivity index (χ3n) is 7.81. The topological polar surface area (TPSA) is 96.4 Å². The summed E-state index contributed by atoms with van der Waals surface area (Å²) in [5.41, 5.74) is 1.62. The van der Waals surface area contributed by atoms with Crippen molar-refractivity contribution in [2.45, 2.75) is 50.6 Å². The van der Waals surface area contributed by atoms with Crippen LogP contribution in [0, 0.1) is 0 Å². The van der Waals surface area contributed by atoms with Crippen molar-refractivity contribution >= 4 is 43.2 Å². The van der Waals surface area contributed by atoms with E-state index in [1.54, 1.807) is 24.3 Å². The van der Waals surface area contributed by atoms with Crippen LogP contribution in [0.2, 0.25) is 0 Å². The van der Waals surface area contributed by atoms with Crippen molar-refractivity contribution in [2.24, 2.45) is 0 Å². The van der Waals surface area contributed by atoms with E-state index in [4.69, 9.17) is 0 Å². The second-order valence-corrected chi connectivity index (χ2v) is 14.3. The summed E-state index contributed by atoms with van der Waals surface area (Å²) in [5, 5.41) is 2.76. The Morgan fingerprint density at radius 1 is 0.778 bits per heavy atom. The minimum atomic E-state index is -3.85. The lowest BCUT2D eigenvalue weighted by Crippen LogP contribution is -2.62. The molecule has 0 saturated carbocycles. The van der Waals surface area contributed by atoms with E-state index < -0.39 is 32.9 Å². The highest BCUT2D eigenvalue weighted by molar-refractivity contribution is 7.90. The normalized spacial score (nSPS) is 13.0. The Labute approximate surface area is 268 Å². The highest BCUT2D eigenvalue weighted by Gasteiger charge is 2.47. The maximum atomic E-state index is 14.7. The monoisotopic (exact) mass is 639 g/mol. The summed E-state index contributed by atoms with van der Waals surface area (Å²) in [6, 6.07) is 35.8. The summed E-state index contributed by atoms with van der Waals surface area (Å²) in [4.78, 5) is 34.6. The molecule has 0 aliphatic carbocycles. The molecule has 7 nitrogen and oxygen atoms in total. The zero-order valence-corrected chi connectivity index (χ0v) is 26.9. The molecule has 2 amide bonds. The van der Waals surface area contributed by atoms with Gasteiger partial charge in [0, 0.05) is 13.1 Å². The second-order valence-electron chi connectivity index (χ2n) is 11.3. The Hall–Kier alpha value is -4.18. The highest BCUT2D eigenvalue weighted by atomic mass is 32.2. The predicted molar refractivity (Wildman–Crippen MR) is 180 cm³/mol. The van der Waals surface area contributed by atoms with Gasteiger partial charge in [-0.1, -0.05) is 123 Å². The summed E-state index contributed by atoms with van der Waals surface area (Å²) >= 11 is 1.20. The summed E-state index contributed by atoms with van der Waals surface area (Å²) < 4.78 is 29.0. The average molecular weight is 640 g/mol. The summed E-state index contributed by atoms with van der Waals surface area (Å²) in [6.07, 6.45) is 1.57. The lowest BCUT2D eigenvalue weighted by atomic mass is 9.89. The van der Waals surface area contributed by atoms with Gasteiger partial charge in [-0.05, 0) is 35.2 Å². The number of sulfone groups is 1. The molecule has 0 saturated heterocycles. The van der Waals surface area contributed by atoms with Crippen molar-refractivity contribution in [3.05, 3.63) is 137 Å². The lowest BCUT2D eigenvalue weighted by molar-refractivity contribution is -0.133. The van der Waals surface area contributed by atoms with Crippen LogP contribution >= 0.6 is 11.3 Å². The quantitative estimate of drug-likeness (QED) is 0.144. The van der Waals surface area contributed by atoms with Crippen LogP contribution in [-0.4, -0.2) is 41.4 Å². The Morgan fingerprint density at radius 2 is 1.31 bits per heavy atom. The molecule has 0 aliphatic rings. The van der Waals surface area contributed by atoms with Crippen LogP contribution in [0.25, 0.3) is 10.2 Å². The molecule has 1 aromatic heterocycles. The number of nitrogens with zero attached hydrogens (tertiary/aromatic N) is 2. The van der Waals surface area contributed by atoms with Crippen LogP contribution in [0.1, 0.15) is 52.7 Å². The first-order valence-corrected chi connectivity index (χ1v) is 17.7. The molecule has 0 aliphatic heterocycles. The highest BCUT2D eigenvalue weighted by Crippen LogP contribution is 2.31. The maximum absolute atomic E-state index is 14.7. The first kappa shape index (κ1) is 32.2. The number of para-hydroxylation sites is 1. The second kappa shape index (κ2) is 14.7. The van der Waals surface area contributed by atoms with Crippen molar-refractivity contribution in [3.8, 4) is 0 Å². The number of hydrogen-bond acceptors (Lipinski definition) is 7. The van der Waals surface area contributed by atoms with Gasteiger partial charge in [0.2, 0.25) is 5.91 Å². The number of carbonyl (C=O) groups excluding carboxylic acids is 2. The third kappa shape index (κ3) is 8.30. The number of amides is 2. The molecule has 0 spiro atoms. The number of hydrogen-bond donors (Lipinski definition) is 1. The van der Waals surface area contributed by atoms with Crippen LogP contribution in [0.3, 0.4) is 0 Å². The third-order valence-corrected chi connectivity index (χ3v) is 10.5. The van der Waals surface area contributed by atoms with Crippen molar-refractivity contribution in [3.63, 3.8) is 0 Å². The number of imide groups is 1. The molecule has 0 bridgehead atoms. The van der Waals surface area contributed by atoms with Gasteiger partial charge in [-0.3, -0.25) is 19.8 Å². The Balaban J connectivity index is 1.59. The molecule has 0 fully saturated rings. The summed E-state index contributed by atoms with van der Waals surface area (Å²) in [7, 11) is -3.85. The lowest BCUT2D eigenvalue weighted by Gasteiger charge is -2.43. The SMILES string of the molecule is CCCCC(CS(=O)(=O)Cc1ccccc1)(C(=O)NC(=O)c1nc2ccccc2s1)N(Cc1ccccc1)Cc1ccccc1. The van der Waals surface area contributed by atoms with Gasteiger partial charge < -0.3 is 0 Å². The summed E-state index contributed by atoms with van der Waals surface area (Å²) in [6.45, 7) is 2.62. The minimum absolute atomic E-state index is 0.152. The van der Waals surface area contributed by atoms with Crippen LogP contribution in [-0.2, 0) is 33.5 Å². The first-order chi connectivity index (χ1) is 21.8. The maximum Gasteiger partial charge on any atom is 0.286 e. The Bertz CT molecular complexity index is 1750. The van der Waals surface area contributed by atoms with E-state index in [9.17, 15) is 18.0 Å². The zero-order chi connectivity index (χ0) is 31.7. The van der Waals surface area contributed by atoms with Gasteiger partial charge in [-0.25, -0.2) is 13.4 Å². The molecule has 232 valence electrons. The van der Waals surface area contributed by atoms with Gasteiger partial charge in [-0.15, -0.1) is 11.3 Å². The fourth-order valence-electron chi connectivity index (χ4n) is 5.56. The van der Waals surface area contributed by atoms with E-state index >= 15 is 0 Å². The molecule has 1 N–H and O–H groups in total. The molecule has 5 rings (SSSR count). The zero-order valence-electron chi connectivity index (χ0n) is 25.3. The van der Waals surface area contributed by atoms with Crippen molar-refractivity contribution < 1.29 is 18.0 Å². The van der Waals surface area contributed by atoms with Crippen molar-refractivity contribution in [1.29, 1.82) is 0 Å². The molecule has 0 radical (unpaired) electrons. The molecule has 1 atom stereocenters. The van der Waals surface area contributed by atoms with Crippen molar-refractivity contribution in [1.82, 2.24) is 15.2 Å². The minimum Gasteiger partial charge on any atom is -0.289 e. The average Bonchev–Trinajstić information content (AvgIpc) is 3.49. The Morgan fingerprint density at radius 3 is 1.87 bits per heavy atom. The fraction of sp³-hybridized carbons (Fsp3) is 0.250. The number of thiazole rings is 1. The van der Waals surface area contributed by atoms with Crippen LogP contribution in [0.15, 0.2) is 115 Å². The number of rotatable bonds is 14. The van der Waals surface area contributed by atoms with E-state index in [0.717, 1.165) is 22.2 Å². The number of nitrogens with one attached hydrogen (secondary N) is 1. The molecular weight excluding hydrogens is 603 g/mol. The molecule has 1 heterocycles. The van der Waals surface area contributed by atoms with Crippen molar-refractivity contribution in [2.75, 3.05) is 5.75 Å². The number of fused-ring (bicyclic) bond motifs is 1. The van der Waals surface area contributed by atoms with E-state index in [1.807, 2.05) is 103 Å². The van der Waals surface area contributed by atoms with Gasteiger partial charge >= 0.3 is 0 Å². The van der Waals surface area contributed by atoms with Gasteiger partial charge in [0.15, 0.2) is 14.8 Å². The number of carbonyl (C=O) groups is 2. The van der Waals surface area contributed by atoms with Crippen LogP contribution in [0.4, 0.5) is 0 Å². The largest absolute Gasteiger partial charge is 0.289 e. The van der Waals surface area contributed by atoms with Crippen LogP contribution < -0.4 is 5.32 Å². The molecule has 4 aromatic carbocycles. The number of aromatic nitrogens is 1. The van der Waals surface area contributed by atoms with Gasteiger partial charge in [-0.2, -0.15) is 0 Å². The van der Waals surface area contributed by atoms with Crippen LogP contribution in [0.5, 0.6) is 0 Å². The molecule has 1 unspecified atom stereocenters. The molecule has 5 aromatic rings. The Kier molecular flexibility index (Phi) is 10.5. The van der Waals surface area contributed by atoms with Gasteiger partial charge in [0.1, 0.15) is 5.54 Å². The molecular formula is C36H37N3O4S2. The molecule has 9 heteroatoms. The van der Waals surface area contributed by atoms with E-state index in [-0.39, 0.29) is 17.2 Å². The first-order valence-electron chi connectivity index (χ1n) is 15.1. The van der Waals surface area contributed by atoms with E-state index in [2.05, 4.69) is 10.3 Å². The fourth-order valence-corrected chi connectivity index (χ4v) is 8.41. The van der Waals surface area contributed by atoms with Gasteiger partial charge in [0.05, 0.1) is 21.7 Å².